The van der Waals surface area contributed by atoms with Crippen molar-refractivity contribution in [3.05, 3.63) is 23.2 Å². The fourth-order valence-electron chi connectivity index (χ4n) is 1.13. The summed E-state index contributed by atoms with van der Waals surface area (Å²) in [4.78, 5) is 22.9. The Bertz CT molecular complexity index is 352. The van der Waals surface area contributed by atoms with Crippen LogP contribution in [-0.2, 0) is 11.3 Å². The summed E-state index contributed by atoms with van der Waals surface area (Å²) in [5, 5.41) is 0.371. The van der Waals surface area contributed by atoms with Crippen LogP contribution < -0.4 is 0 Å². The van der Waals surface area contributed by atoms with E-state index in [9.17, 15) is 4.79 Å². The maximum Gasteiger partial charge on any atom is 0.236 e. The molecule has 1 aromatic heterocycles. The van der Waals surface area contributed by atoms with Crippen LogP contribution in [0.15, 0.2) is 12.4 Å². The van der Waals surface area contributed by atoms with Gasteiger partial charge in [-0.3, -0.25) is 14.7 Å². The zero-order valence-corrected chi connectivity index (χ0v) is 10.4. The zero-order chi connectivity index (χ0) is 12.1. The lowest BCUT2D eigenvalue weighted by atomic mass is 10.4. The van der Waals surface area contributed by atoms with Gasteiger partial charge in [-0.05, 0) is 7.05 Å². The van der Waals surface area contributed by atoms with Crippen LogP contribution >= 0.6 is 11.6 Å². The Morgan fingerprint density at radius 2 is 2.00 bits per heavy atom. The molecule has 1 amide bonds. The molecule has 0 aliphatic heterocycles. The van der Waals surface area contributed by atoms with Crippen LogP contribution in [0.1, 0.15) is 5.69 Å². The predicted molar refractivity (Wildman–Crippen MR) is 62.1 cm³/mol. The summed E-state index contributed by atoms with van der Waals surface area (Å²) in [7, 11) is 5.33. The first-order valence-electron chi connectivity index (χ1n) is 4.84. The Hall–Kier alpha value is -1.20. The van der Waals surface area contributed by atoms with Gasteiger partial charge in [-0.15, -0.1) is 0 Å². The molecule has 88 valence electrons. The van der Waals surface area contributed by atoms with Crippen molar-refractivity contribution in [1.82, 2.24) is 19.8 Å². The van der Waals surface area contributed by atoms with E-state index < -0.39 is 0 Å². The molecule has 0 radical (unpaired) electrons. The normalized spacial score (nSPS) is 10.6. The molecular weight excluding hydrogens is 228 g/mol. The second-order valence-electron chi connectivity index (χ2n) is 3.79. The smallest absolute Gasteiger partial charge is 0.236 e. The van der Waals surface area contributed by atoms with Gasteiger partial charge >= 0.3 is 0 Å². The van der Waals surface area contributed by atoms with Crippen LogP contribution in [0.2, 0.25) is 5.15 Å². The third-order valence-electron chi connectivity index (χ3n) is 2.01. The van der Waals surface area contributed by atoms with Crippen molar-refractivity contribution in [1.29, 1.82) is 0 Å². The SMILES string of the molecule is CN(CC(=O)N(C)C)Cc1cnc(Cl)cn1. The highest BCUT2D eigenvalue weighted by Gasteiger charge is 2.09. The number of carbonyl (C=O) groups is 1. The lowest BCUT2D eigenvalue weighted by molar-refractivity contribution is -0.129. The van der Waals surface area contributed by atoms with Gasteiger partial charge in [0.05, 0.1) is 24.6 Å². The van der Waals surface area contributed by atoms with Crippen molar-refractivity contribution < 1.29 is 4.79 Å². The third kappa shape index (κ3) is 4.12. The Kier molecular flexibility index (Phi) is 4.64. The third-order valence-corrected chi connectivity index (χ3v) is 2.20. The van der Waals surface area contributed by atoms with E-state index >= 15 is 0 Å². The number of carbonyl (C=O) groups excluding carboxylic acids is 1. The lowest BCUT2D eigenvalue weighted by Crippen LogP contribution is -2.34. The number of rotatable bonds is 4. The predicted octanol–water partition coefficient (Wildman–Crippen LogP) is 0.650. The van der Waals surface area contributed by atoms with E-state index in [0.29, 0.717) is 18.2 Å². The number of likely N-dealkylation sites (N-methyl/N-ethyl adjacent to an activating group) is 2. The minimum atomic E-state index is 0.0597. The number of nitrogens with zero attached hydrogens (tertiary/aromatic N) is 4. The molecule has 6 heteroatoms. The van der Waals surface area contributed by atoms with Crippen molar-refractivity contribution >= 4 is 17.5 Å². The molecule has 0 spiro atoms. The van der Waals surface area contributed by atoms with Gasteiger partial charge in [-0.2, -0.15) is 0 Å². The minimum Gasteiger partial charge on any atom is -0.348 e. The lowest BCUT2D eigenvalue weighted by Gasteiger charge is -2.18. The Morgan fingerprint density at radius 3 is 2.50 bits per heavy atom. The topological polar surface area (TPSA) is 49.3 Å². The summed E-state index contributed by atoms with van der Waals surface area (Å²) >= 11 is 5.63. The van der Waals surface area contributed by atoms with E-state index in [4.69, 9.17) is 11.6 Å². The number of amides is 1. The van der Waals surface area contributed by atoms with E-state index in [1.807, 2.05) is 11.9 Å². The summed E-state index contributed by atoms with van der Waals surface area (Å²) in [5.41, 5.74) is 0.790. The van der Waals surface area contributed by atoms with E-state index in [-0.39, 0.29) is 5.91 Å². The fraction of sp³-hybridized carbons (Fsp3) is 0.500. The highest BCUT2D eigenvalue weighted by molar-refractivity contribution is 6.29. The average Bonchev–Trinajstić information content (AvgIpc) is 2.21. The molecule has 0 atom stereocenters. The molecule has 0 fully saturated rings. The van der Waals surface area contributed by atoms with Crippen LogP contribution in [-0.4, -0.2) is 53.4 Å². The summed E-state index contributed by atoms with van der Waals surface area (Å²) in [6, 6.07) is 0. The zero-order valence-electron chi connectivity index (χ0n) is 9.64. The molecular formula is C10H15ClN4O. The van der Waals surface area contributed by atoms with Crippen molar-refractivity contribution in [2.75, 3.05) is 27.7 Å². The van der Waals surface area contributed by atoms with Crippen LogP contribution in [0.5, 0.6) is 0 Å². The van der Waals surface area contributed by atoms with Gasteiger partial charge in [0.25, 0.3) is 0 Å². The van der Waals surface area contributed by atoms with Gasteiger partial charge < -0.3 is 4.90 Å². The number of hydrogen-bond acceptors (Lipinski definition) is 4. The standard InChI is InChI=1S/C10H15ClN4O/c1-14(2)10(16)7-15(3)6-8-4-13-9(11)5-12-8/h4-5H,6-7H2,1-3H3. The van der Waals surface area contributed by atoms with Gasteiger partial charge in [0.2, 0.25) is 5.91 Å². The van der Waals surface area contributed by atoms with Crippen LogP contribution in [0.3, 0.4) is 0 Å². The number of hydrogen-bond donors (Lipinski definition) is 0. The molecule has 0 aromatic carbocycles. The van der Waals surface area contributed by atoms with Crippen LogP contribution in [0, 0.1) is 0 Å². The average molecular weight is 243 g/mol. The van der Waals surface area contributed by atoms with E-state index in [1.165, 1.54) is 6.20 Å². The van der Waals surface area contributed by atoms with Gasteiger partial charge in [-0.25, -0.2) is 4.98 Å². The minimum absolute atomic E-state index is 0.0597. The highest BCUT2D eigenvalue weighted by Crippen LogP contribution is 2.03. The van der Waals surface area contributed by atoms with Gasteiger partial charge in [0.1, 0.15) is 5.15 Å². The first-order valence-corrected chi connectivity index (χ1v) is 5.22. The molecule has 0 saturated carbocycles. The molecule has 0 bridgehead atoms. The molecule has 0 aliphatic carbocycles. The Balaban J connectivity index is 2.48. The summed E-state index contributed by atoms with van der Waals surface area (Å²) in [6.45, 7) is 0.932. The largest absolute Gasteiger partial charge is 0.348 e. The monoisotopic (exact) mass is 242 g/mol. The van der Waals surface area contributed by atoms with E-state index in [0.717, 1.165) is 5.69 Å². The highest BCUT2D eigenvalue weighted by atomic mass is 35.5. The van der Waals surface area contributed by atoms with Crippen molar-refractivity contribution in [3.63, 3.8) is 0 Å². The van der Waals surface area contributed by atoms with Crippen molar-refractivity contribution in [2.24, 2.45) is 0 Å². The molecule has 0 N–H and O–H groups in total. The van der Waals surface area contributed by atoms with Crippen LogP contribution in [0.25, 0.3) is 0 Å². The number of aromatic nitrogens is 2. The first-order chi connectivity index (χ1) is 7.49. The first kappa shape index (κ1) is 12.9. The van der Waals surface area contributed by atoms with Gasteiger partial charge in [0.15, 0.2) is 0 Å². The summed E-state index contributed by atoms with van der Waals surface area (Å²) < 4.78 is 0. The van der Waals surface area contributed by atoms with Crippen molar-refractivity contribution in [2.45, 2.75) is 6.54 Å². The molecule has 0 saturated heterocycles. The molecule has 0 unspecified atom stereocenters. The van der Waals surface area contributed by atoms with Gasteiger partial charge in [-0.1, -0.05) is 11.6 Å². The molecule has 16 heavy (non-hydrogen) atoms. The van der Waals surface area contributed by atoms with Crippen LogP contribution in [0.4, 0.5) is 0 Å². The number of halogens is 1. The maximum atomic E-state index is 11.4. The molecule has 1 rings (SSSR count). The van der Waals surface area contributed by atoms with E-state index in [1.54, 1.807) is 25.2 Å². The molecule has 5 nitrogen and oxygen atoms in total. The summed E-state index contributed by atoms with van der Waals surface area (Å²) in [5.74, 6) is 0.0597. The Labute approximate surface area is 100 Å². The fourth-order valence-corrected chi connectivity index (χ4v) is 1.22. The quantitative estimate of drug-likeness (QED) is 0.778. The molecule has 1 heterocycles. The molecule has 1 aromatic rings. The second kappa shape index (κ2) is 5.77. The maximum absolute atomic E-state index is 11.4. The Morgan fingerprint density at radius 1 is 1.31 bits per heavy atom. The second-order valence-corrected chi connectivity index (χ2v) is 4.18. The molecule has 0 aliphatic rings. The van der Waals surface area contributed by atoms with E-state index in [2.05, 4.69) is 9.97 Å². The van der Waals surface area contributed by atoms with Gasteiger partial charge in [0, 0.05) is 20.6 Å². The van der Waals surface area contributed by atoms with Crippen molar-refractivity contribution in [3.8, 4) is 0 Å². The summed E-state index contributed by atoms with van der Waals surface area (Å²) in [6.07, 6.45) is 3.11.